The summed E-state index contributed by atoms with van der Waals surface area (Å²) in [5.41, 5.74) is 2.49. The molecule has 1 N–H and O–H groups in total. The molecule has 1 aromatic carbocycles. The Balaban J connectivity index is 1.51. The molecule has 1 fully saturated rings. The minimum absolute atomic E-state index is 0.00458. The quantitative estimate of drug-likeness (QED) is 0.791. The maximum atomic E-state index is 12.5. The van der Waals surface area contributed by atoms with Gasteiger partial charge < -0.3 is 15.1 Å². The van der Waals surface area contributed by atoms with Crippen molar-refractivity contribution >= 4 is 23.1 Å². The Morgan fingerprint density at radius 1 is 1.33 bits per heavy atom. The number of rotatable bonds is 5. The summed E-state index contributed by atoms with van der Waals surface area (Å²) in [5, 5.41) is 12.5. The lowest BCUT2D eigenvalue weighted by Crippen LogP contribution is -2.50. The van der Waals surface area contributed by atoms with E-state index in [1.807, 2.05) is 0 Å². The molecule has 0 radical (unpaired) electrons. The molecule has 144 valence electrons. The first kappa shape index (κ1) is 19.8. The van der Waals surface area contributed by atoms with Crippen molar-refractivity contribution in [3.63, 3.8) is 0 Å². The molecule has 0 bridgehead atoms. The maximum absolute atomic E-state index is 12.5. The summed E-state index contributed by atoms with van der Waals surface area (Å²) >= 11 is 5.72. The lowest BCUT2D eigenvalue weighted by atomic mass is 9.97. The Bertz CT molecular complexity index is 755. The molecular formula is C21H28N4OS. The molecule has 1 atom stereocenters. The summed E-state index contributed by atoms with van der Waals surface area (Å²) in [7, 11) is 0. The Morgan fingerprint density at radius 3 is 2.81 bits per heavy atom. The molecule has 6 heteroatoms. The van der Waals surface area contributed by atoms with E-state index in [0.717, 1.165) is 37.3 Å². The molecule has 0 aliphatic carbocycles. The van der Waals surface area contributed by atoms with Crippen LogP contribution in [-0.4, -0.2) is 51.9 Å². The van der Waals surface area contributed by atoms with Gasteiger partial charge in [-0.15, -0.1) is 0 Å². The minimum Gasteiger partial charge on any atom is -0.361 e. The fraction of sp³-hybridized carbons (Fsp3) is 0.571. The van der Waals surface area contributed by atoms with Crippen molar-refractivity contribution in [2.75, 3.05) is 19.6 Å². The van der Waals surface area contributed by atoms with Gasteiger partial charge in [0.05, 0.1) is 17.6 Å². The van der Waals surface area contributed by atoms with Gasteiger partial charge in [-0.2, -0.15) is 5.26 Å². The SMILES string of the molecule is CC(C)(CC(=S)N1CCc2ccccc2C1)NCC(=O)N1CCCC1C#N. The first-order valence-corrected chi connectivity index (χ1v) is 10.1. The lowest BCUT2D eigenvalue weighted by molar-refractivity contribution is -0.130. The molecule has 1 aromatic rings. The van der Waals surface area contributed by atoms with E-state index in [4.69, 9.17) is 17.5 Å². The van der Waals surface area contributed by atoms with Gasteiger partial charge in [0.15, 0.2) is 0 Å². The number of fused-ring (bicyclic) bond motifs is 1. The highest BCUT2D eigenvalue weighted by atomic mass is 32.1. The second-order valence-corrected chi connectivity index (χ2v) is 8.59. The van der Waals surface area contributed by atoms with Crippen molar-refractivity contribution in [3.05, 3.63) is 35.4 Å². The molecule has 1 amide bonds. The first-order valence-electron chi connectivity index (χ1n) is 9.68. The Labute approximate surface area is 167 Å². The lowest BCUT2D eigenvalue weighted by Gasteiger charge is -2.35. The number of hydrogen-bond donors (Lipinski definition) is 1. The topological polar surface area (TPSA) is 59.4 Å². The van der Waals surface area contributed by atoms with Crippen LogP contribution in [0.5, 0.6) is 0 Å². The van der Waals surface area contributed by atoms with Gasteiger partial charge in [0.2, 0.25) is 5.91 Å². The van der Waals surface area contributed by atoms with E-state index >= 15 is 0 Å². The van der Waals surface area contributed by atoms with Crippen molar-refractivity contribution < 1.29 is 4.79 Å². The van der Waals surface area contributed by atoms with Gasteiger partial charge in [0.1, 0.15) is 6.04 Å². The number of nitrogens with one attached hydrogen (secondary N) is 1. The molecule has 2 aliphatic heterocycles. The molecule has 2 aliphatic rings. The van der Waals surface area contributed by atoms with Crippen molar-refractivity contribution in [1.29, 1.82) is 5.26 Å². The standard InChI is InChI=1S/C21H28N4OS/c1-21(2,23-14-19(26)25-10-5-8-18(25)13-22)12-20(27)24-11-9-16-6-3-4-7-17(16)15-24/h3-4,6-7,18,23H,5,8-12,14-15H2,1-2H3. The normalized spacial score (nSPS) is 19.5. The van der Waals surface area contributed by atoms with Gasteiger partial charge in [-0.1, -0.05) is 36.5 Å². The third-order valence-corrected chi connectivity index (χ3v) is 5.92. The number of carbonyl (C=O) groups is 1. The van der Waals surface area contributed by atoms with Gasteiger partial charge in [0, 0.05) is 31.6 Å². The second kappa shape index (κ2) is 8.37. The summed E-state index contributed by atoms with van der Waals surface area (Å²) in [5.74, 6) is 0.00458. The number of amides is 1. The molecule has 1 saturated heterocycles. The van der Waals surface area contributed by atoms with Crippen molar-refractivity contribution in [3.8, 4) is 6.07 Å². The number of benzene rings is 1. The Hall–Kier alpha value is -1.97. The summed E-state index contributed by atoms with van der Waals surface area (Å²) in [6, 6.07) is 10.5. The van der Waals surface area contributed by atoms with Crippen LogP contribution in [0.4, 0.5) is 0 Å². The number of nitrogens with zero attached hydrogens (tertiary/aromatic N) is 3. The summed E-state index contributed by atoms with van der Waals surface area (Å²) in [4.78, 5) is 17.4. The van der Waals surface area contributed by atoms with Crippen LogP contribution in [0.15, 0.2) is 24.3 Å². The highest BCUT2D eigenvalue weighted by Crippen LogP contribution is 2.22. The van der Waals surface area contributed by atoms with Crippen LogP contribution in [0, 0.1) is 11.3 Å². The monoisotopic (exact) mass is 384 g/mol. The van der Waals surface area contributed by atoms with Crippen LogP contribution in [0.1, 0.15) is 44.2 Å². The molecule has 1 unspecified atom stereocenters. The fourth-order valence-corrected chi connectivity index (χ4v) is 4.39. The number of nitriles is 1. The van der Waals surface area contributed by atoms with Gasteiger partial charge in [0.25, 0.3) is 0 Å². The summed E-state index contributed by atoms with van der Waals surface area (Å²) in [6.07, 6.45) is 3.42. The van der Waals surface area contributed by atoms with E-state index in [9.17, 15) is 4.79 Å². The number of carbonyl (C=O) groups excluding carboxylic acids is 1. The highest BCUT2D eigenvalue weighted by molar-refractivity contribution is 7.80. The van der Waals surface area contributed by atoms with Crippen LogP contribution in [0.2, 0.25) is 0 Å². The first-order chi connectivity index (χ1) is 12.9. The van der Waals surface area contributed by atoms with Gasteiger partial charge >= 0.3 is 0 Å². The van der Waals surface area contributed by atoms with E-state index in [-0.39, 0.29) is 24.0 Å². The van der Waals surface area contributed by atoms with Crippen molar-refractivity contribution in [2.24, 2.45) is 0 Å². The molecule has 27 heavy (non-hydrogen) atoms. The van der Waals surface area contributed by atoms with Crippen molar-refractivity contribution in [1.82, 2.24) is 15.1 Å². The van der Waals surface area contributed by atoms with Crippen LogP contribution >= 0.6 is 12.2 Å². The minimum atomic E-state index is -0.272. The van der Waals surface area contributed by atoms with Gasteiger partial charge in [-0.3, -0.25) is 4.79 Å². The molecule has 0 spiro atoms. The summed E-state index contributed by atoms with van der Waals surface area (Å²) in [6.45, 7) is 6.90. The number of thiocarbonyl (C=S) groups is 1. The van der Waals surface area contributed by atoms with E-state index < -0.39 is 0 Å². The second-order valence-electron chi connectivity index (χ2n) is 8.12. The maximum Gasteiger partial charge on any atom is 0.237 e. The van der Waals surface area contributed by atoms with Crippen molar-refractivity contribution in [2.45, 2.75) is 57.7 Å². The number of likely N-dealkylation sites (tertiary alicyclic amines) is 1. The van der Waals surface area contributed by atoms with Gasteiger partial charge in [-0.25, -0.2) is 0 Å². The average Bonchev–Trinajstić information content (AvgIpc) is 3.14. The Kier molecular flexibility index (Phi) is 6.13. The predicted molar refractivity (Wildman–Crippen MR) is 110 cm³/mol. The average molecular weight is 385 g/mol. The molecule has 0 saturated carbocycles. The van der Waals surface area contributed by atoms with Crippen LogP contribution in [-0.2, 0) is 17.8 Å². The molecule has 2 heterocycles. The summed E-state index contributed by atoms with van der Waals surface area (Å²) < 4.78 is 0. The zero-order valence-corrected chi connectivity index (χ0v) is 17.0. The van der Waals surface area contributed by atoms with Crippen LogP contribution < -0.4 is 5.32 Å². The molecular weight excluding hydrogens is 356 g/mol. The molecule has 3 rings (SSSR count). The highest BCUT2D eigenvalue weighted by Gasteiger charge is 2.30. The van der Waals surface area contributed by atoms with E-state index in [1.165, 1.54) is 11.1 Å². The number of hydrogen-bond acceptors (Lipinski definition) is 4. The van der Waals surface area contributed by atoms with Crippen LogP contribution in [0.3, 0.4) is 0 Å². The zero-order chi connectivity index (χ0) is 19.4. The smallest absolute Gasteiger partial charge is 0.237 e. The fourth-order valence-electron chi connectivity index (χ4n) is 3.88. The van der Waals surface area contributed by atoms with E-state index in [1.54, 1.807) is 4.90 Å². The van der Waals surface area contributed by atoms with E-state index in [0.29, 0.717) is 13.0 Å². The largest absolute Gasteiger partial charge is 0.361 e. The zero-order valence-electron chi connectivity index (χ0n) is 16.2. The Morgan fingerprint density at radius 2 is 2.07 bits per heavy atom. The molecule has 5 nitrogen and oxygen atoms in total. The predicted octanol–water partition coefficient (Wildman–Crippen LogP) is 2.64. The third kappa shape index (κ3) is 4.85. The van der Waals surface area contributed by atoms with Gasteiger partial charge in [-0.05, 0) is 44.2 Å². The van der Waals surface area contributed by atoms with E-state index in [2.05, 4.69) is 54.4 Å². The molecule has 0 aromatic heterocycles. The third-order valence-electron chi connectivity index (χ3n) is 5.52. The van der Waals surface area contributed by atoms with Crippen LogP contribution in [0.25, 0.3) is 0 Å².